The van der Waals surface area contributed by atoms with Gasteiger partial charge in [0.2, 0.25) is 0 Å². The molecule has 0 spiro atoms. The molecule has 0 atom stereocenters. The van der Waals surface area contributed by atoms with Gasteiger partial charge in [0.1, 0.15) is 7.47 Å². The predicted molar refractivity (Wildman–Crippen MR) is 81.6 cm³/mol. The number of hydrogen-bond donors (Lipinski definition) is 0. The van der Waals surface area contributed by atoms with Gasteiger partial charge >= 0.3 is 0 Å². The minimum atomic E-state index is -0.0643. The monoisotopic (exact) mass is 591 g/mol. The van der Waals surface area contributed by atoms with Crippen LogP contribution in [0.5, 0.6) is 0 Å². The summed E-state index contributed by atoms with van der Waals surface area (Å²) in [5.74, 6) is 0. The lowest BCUT2D eigenvalue weighted by Gasteiger charge is -2.14. The van der Waals surface area contributed by atoms with E-state index in [9.17, 15) is 0 Å². The van der Waals surface area contributed by atoms with Gasteiger partial charge in [0.25, 0.3) is 0 Å². The van der Waals surface area contributed by atoms with Crippen LogP contribution in [-0.4, -0.2) is 15.4 Å². The summed E-state index contributed by atoms with van der Waals surface area (Å²) in [6.45, 7) is 0. The lowest BCUT2D eigenvalue weighted by molar-refractivity contribution is 0.792. The van der Waals surface area contributed by atoms with Crippen LogP contribution in [0.25, 0.3) is 0 Å². The summed E-state index contributed by atoms with van der Waals surface area (Å²) in [4.78, 5) is 0. The zero-order valence-corrected chi connectivity index (χ0v) is 16.4. The molecule has 15 heavy (non-hydrogen) atoms. The van der Waals surface area contributed by atoms with Gasteiger partial charge < -0.3 is 0 Å². The van der Waals surface area contributed by atoms with Crippen LogP contribution in [0.15, 0.2) is 0 Å². The summed E-state index contributed by atoms with van der Waals surface area (Å²) in [7, 11) is 0. The molecular weight excluding hydrogens is 594 g/mol. The van der Waals surface area contributed by atoms with Crippen LogP contribution in [0.4, 0.5) is 0 Å². The molecule has 0 aromatic carbocycles. The average Bonchev–Trinajstić information content (AvgIpc) is 2.16. The predicted octanol–water partition coefficient (Wildman–Crippen LogP) is 5.24. The van der Waals surface area contributed by atoms with Crippen molar-refractivity contribution in [3.05, 3.63) is 17.0 Å². The van der Waals surface area contributed by atoms with Crippen molar-refractivity contribution in [2.24, 2.45) is 0 Å². The van der Waals surface area contributed by atoms with Crippen LogP contribution >= 0.6 is 95.6 Å². The minimum absolute atomic E-state index is 0.0341. The molecule has 0 fully saturated rings. The Morgan fingerprint density at radius 3 is 1.33 bits per heavy atom. The minimum Gasteiger partial charge on any atom is -0.133 e. The van der Waals surface area contributed by atoms with Crippen LogP contribution in [0.1, 0.15) is 28.2 Å². The molecule has 1 aromatic rings. The highest BCUT2D eigenvalue weighted by molar-refractivity contribution is 9.24. The van der Waals surface area contributed by atoms with Crippen LogP contribution in [0.3, 0.4) is 0 Å². The van der Waals surface area contributed by atoms with Gasteiger partial charge in [-0.25, -0.2) is 0 Å². The van der Waals surface area contributed by atoms with E-state index < -0.39 is 0 Å². The molecule has 0 bridgehead atoms. The lowest BCUT2D eigenvalue weighted by atomic mass is 10.2. The summed E-state index contributed by atoms with van der Waals surface area (Å²) in [6.07, 6.45) is 0. The number of aromatic nitrogens is 3. The van der Waals surface area contributed by atoms with E-state index in [0.717, 1.165) is 17.0 Å². The molecule has 0 radical (unpaired) electrons. The highest BCUT2D eigenvalue weighted by Crippen LogP contribution is 2.43. The zero-order chi connectivity index (χ0) is 11.6. The van der Waals surface area contributed by atoms with Crippen LogP contribution in [0, 0.1) is 0 Å². The van der Waals surface area contributed by atoms with Crippen molar-refractivity contribution in [2.45, 2.75) is 11.2 Å². The molecule has 0 unspecified atom stereocenters. The zero-order valence-electron chi connectivity index (χ0n) is 6.84. The second-order valence-electron chi connectivity index (χ2n) is 2.38. The molecular formula is C6H3Br6N3. The molecule has 9 heteroatoms. The Bertz CT molecular complexity index is 315. The molecule has 1 aromatic heterocycles. The van der Waals surface area contributed by atoms with E-state index in [0.29, 0.717) is 0 Å². The normalized spacial score (nSPS) is 11.8. The van der Waals surface area contributed by atoms with E-state index in [4.69, 9.17) is 0 Å². The molecule has 0 saturated heterocycles. The number of rotatable bonds is 3. The Morgan fingerprint density at radius 1 is 0.667 bits per heavy atom. The van der Waals surface area contributed by atoms with Gasteiger partial charge in [-0.05, 0) is 5.21 Å². The van der Waals surface area contributed by atoms with Crippen molar-refractivity contribution in [3.63, 3.8) is 0 Å². The van der Waals surface area contributed by atoms with Crippen LogP contribution < -0.4 is 0 Å². The summed E-state index contributed by atoms with van der Waals surface area (Å²) in [6, 6.07) is 0. The third kappa shape index (κ3) is 3.94. The second kappa shape index (κ2) is 6.72. The fraction of sp³-hybridized carbons (Fsp3) is 0.500. The quantitative estimate of drug-likeness (QED) is 0.449. The maximum atomic E-state index is 3.99. The number of nitrogens with zero attached hydrogens (tertiary/aromatic N) is 3. The molecule has 0 aliphatic carbocycles. The molecule has 0 aliphatic heterocycles. The number of hydrogen-bond acceptors (Lipinski definition) is 3. The molecule has 0 N–H and O–H groups in total. The van der Waals surface area contributed by atoms with E-state index in [1.165, 1.54) is 0 Å². The third-order valence-corrected chi connectivity index (χ3v) is 4.14. The Hall–Kier alpha value is 1.89. The van der Waals surface area contributed by atoms with Gasteiger partial charge in [0.05, 0.1) is 15.1 Å². The molecule has 1 heterocycles. The van der Waals surface area contributed by atoms with Crippen molar-refractivity contribution in [1.29, 1.82) is 0 Å². The van der Waals surface area contributed by atoms with Gasteiger partial charge in [-0.3, -0.25) is 0 Å². The summed E-state index contributed by atoms with van der Waals surface area (Å²) < 4.78 is -0.163. The van der Waals surface area contributed by atoms with Gasteiger partial charge in [0, 0.05) is 5.56 Å². The van der Waals surface area contributed by atoms with Crippen LogP contribution in [-0.2, 0) is 0 Å². The van der Waals surface area contributed by atoms with Crippen molar-refractivity contribution in [3.8, 4) is 0 Å². The molecule has 1 rings (SSSR count). The van der Waals surface area contributed by atoms with E-state index in [-0.39, 0.29) is 11.2 Å². The van der Waals surface area contributed by atoms with Gasteiger partial charge in [-0.2, -0.15) is 0 Å². The largest absolute Gasteiger partial charge is 0.133 e. The van der Waals surface area contributed by atoms with E-state index in [2.05, 4.69) is 111 Å². The molecule has 0 saturated carbocycles. The standard InChI is InChI=1S/C6H3Br6N3/c7-4(8)1-2(5(9)10)13-15-14-3(1)6(11)12/h4-6H. The van der Waals surface area contributed by atoms with Crippen molar-refractivity contribution in [2.75, 3.05) is 0 Å². The van der Waals surface area contributed by atoms with Gasteiger partial charge in [-0.1, -0.05) is 95.6 Å². The molecule has 0 amide bonds. The van der Waals surface area contributed by atoms with Gasteiger partial charge in [-0.15, -0.1) is 10.2 Å². The van der Waals surface area contributed by atoms with E-state index >= 15 is 0 Å². The van der Waals surface area contributed by atoms with Crippen molar-refractivity contribution in [1.82, 2.24) is 15.4 Å². The molecule has 0 aliphatic rings. The highest BCUT2D eigenvalue weighted by Gasteiger charge is 2.24. The topological polar surface area (TPSA) is 38.7 Å². The first-order valence-corrected chi connectivity index (χ1v) is 9.02. The highest BCUT2D eigenvalue weighted by atomic mass is 79.9. The Labute approximate surface area is 137 Å². The first-order chi connectivity index (χ1) is 6.95. The smallest absolute Gasteiger partial charge is 0.114 e. The maximum absolute atomic E-state index is 3.99. The Balaban J connectivity index is 3.35. The van der Waals surface area contributed by atoms with Gasteiger partial charge in [0.15, 0.2) is 0 Å². The average molecular weight is 597 g/mol. The summed E-state index contributed by atoms with van der Waals surface area (Å²) in [5, 5.41) is 11.7. The Morgan fingerprint density at radius 2 is 1.07 bits per heavy atom. The lowest BCUT2D eigenvalue weighted by Crippen LogP contribution is -2.07. The van der Waals surface area contributed by atoms with E-state index in [1.54, 1.807) is 0 Å². The number of halogens is 6. The Kier molecular flexibility index (Phi) is 6.70. The molecule has 3 nitrogen and oxygen atoms in total. The third-order valence-electron chi connectivity index (χ3n) is 1.49. The first-order valence-electron chi connectivity index (χ1n) is 3.52. The molecule has 84 valence electrons. The van der Waals surface area contributed by atoms with Crippen LogP contribution in [0.2, 0.25) is 0 Å². The summed E-state index contributed by atoms with van der Waals surface area (Å²) in [5.41, 5.74) is 2.49. The summed E-state index contributed by atoms with van der Waals surface area (Å²) >= 11 is 20.5. The van der Waals surface area contributed by atoms with Crippen molar-refractivity contribution < 1.29 is 0 Å². The SMILES string of the molecule is BrC(Br)c1nnnc(C(Br)Br)c1C(Br)Br. The number of alkyl halides is 6. The fourth-order valence-corrected chi connectivity index (χ4v) is 3.19. The second-order valence-corrected chi connectivity index (χ2v) is 11.6. The maximum Gasteiger partial charge on any atom is 0.114 e. The fourth-order valence-electron chi connectivity index (χ4n) is 0.904. The van der Waals surface area contributed by atoms with Crippen molar-refractivity contribution >= 4 is 95.6 Å². The van der Waals surface area contributed by atoms with E-state index in [1.807, 2.05) is 0 Å². The first kappa shape index (κ1) is 14.9.